The summed E-state index contributed by atoms with van der Waals surface area (Å²) in [4.78, 5) is 9.79. The van der Waals surface area contributed by atoms with Gasteiger partial charge in [0, 0.05) is 4.57 Å². The smallest absolute Gasteiger partial charge is 0.187 e. The van der Waals surface area contributed by atoms with E-state index in [4.69, 9.17) is 9.78 Å². The Hall–Kier alpha value is -0.0600. The third kappa shape index (κ3) is 22.0. The summed E-state index contributed by atoms with van der Waals surface area (Å²) in [5.74, 6) is 0. The molecule has 0 rings (SSSR count). The largest absolute Gasteiger partial charge is 0.759 e. The molecule has 0 heterocycles. The molecule has 0 unspecified atom stereocenters. The molecule has 0 N–H and O–H groups in total. The number of hydrogen-bond donors (Lipinski definition) is 0. The Morgan fingerprint density at radius 2 is 0.808 bits per heavy atom. The standard InChI is InChI=1S/C20H42O5P/c1-3-5-7-9-11-13-15-17-19-22-24-26(21)25-23-20-18-16-14-12-10-8-6-4-2/h3-20H2,1-2H3/q+1. The first-order valence-corrected chi connectivity index (χ1v) is 12.0. The van der Waals surface area contributed by atoms with Crippen LogP contribution in [0.5, 0.6) is 0 Å². The molecular weight excluding hydrogens is 351 g/mol. The fourth-order valence-corrected chi connectivity index (χ4v) is 3.11. The minimum absolute atomic E-state index is 0.442. The zero-order valence-electron chi connectivity index (χ0n) is 17.2. The second-order valence-corrected chi connectivity index (χ2v) is 7.71. The van der Waals surface area contributed by atoms with Crippen LogP contribution in [0.25, 0.3) is 0 Å². The molecule has 0 aliphatic heterocycles. The van der Waals surface area contributed by atoms with Crippen molar-refractivity contribution in [2.24, 2.45) is 0 Å². The van der Waals surface area contributed by atoms with Crippen molar-refractivity contribution in [2.45, 2.75) is 117 Å². The van der Waals surface area contributed by atoms with E-state index in [0.717, 1.165) is 25.7 Å². The van der Waals surface area contributed by atoms with Gasteiger partial charge in [0.05, 0.1) is 22.6 Å². The normalized spacial score (nSPS) is 11.2. The van der Waals surface area contributed by atoms with Crippen molar-refractivity contribution in [1.82, 2.24) is 0 Å². The maximum Gasteiger partial charge on any atom is 0.759 e. The van der Waals surface area contributed by atoms with Crippen LogP contribution in [0, 0.1) is 0 Å². The van der Waals surface area contributed by atoms with Gasteiger partial charge in [0.1, 0.15) is 0 Å². The van der Waals surface area contributed by atoms with Gasteiger partial charge in [-0.1, -0.05) is 104 Å². The van der Waals surface area contributed by atoms with Crippen LogP contribution in [0.15, 0.2) is 0 Å². The summed E-state index contributed by atoms with van der Waals surface area (Å²) >= 11 is 0. The second kappa shape index (κ2) is 23.0. The van der Waals surface area contributed by atoms with Crippen molar-refractivity contribution >= 4 is 8.25 Å². The Morgan fingerprint density at radius 1 is 0.500 bits per heavy atom. The molecule has 0 aromatic heterocycles. The van der Waals surface area contributed by atoms with Crippen LogP contribution in [-0.2, 0) is 23.7 Å². The first-order valence-electron chi connectivity index (χ1n) is 10.9. The Morgan fingerprint density at radius 3 is 1.15 bits per heavy atom. The topological polar surface area (TPSA) is 54.0 Å². The van der Waals surface area contributed by atoms with E-state index in [-0.39, 0.29) is 0 Å². The third-order valence-electron chi connectivity index (χ3n) is 4.39. The molecular formula is C20H42O5P+. The number of unbranched alkanes of at least 4 members (excludes halogenated alkanes) is 14. The fraction of sp³-hybridized carbons (Fsp3) is 1.00. The Bertz CT molecular complexity index is 263. The SMILES string of the molecule is CCCCCCCCCCOO[P+](=O)OOCCCCCCCCCC. The van der Waals surface area contributed by atoms with E-state index in [9.17, 15) is 4.57 Å². The van der Waals surface area contributed by atoms with E-state index >= 15 is 0 Å². The minimum atomic E-state index is -2.34. The lowest BCUT2D eigenvalue weighted by atomic mass is 10.1. The van der Waals surface area contributed by atoms with Gasteiger partial charge in [-0.25, -0.2) is 0 Å². The Kier molecular flexibility index (Phi) is 22.9. The van der Waals surface area contributed by atoms with E-state index < -0.39 is 8.25 Å². The van der Waals surface area contributed by atoms with Crippen molar-refractivity contribution in [1.29, 1.82) is 0 Å². The lowest BCUT2D eigenvalue weighted by Crippen LogP contribution is -1.95. The number of hydrogen-bond acceptors (Lipinski definition) is 5. The summed E-state index contributed by atoms with van der Waals surface area (Å²) in [5.41, 5.74) is 0. The van der Waals surface area contributed by atoms with E-state index in [1.54, 1.807) is 0 Å². The molecule has 6 heteroatoms. The summed E-state index contributed by atoms with van der Waals surface area (Å²) in [6.45, 7) is 5.34. The molecule has 0 aromatic rings. The maximum atomic E-state index is 11.4. The summed E-state index contributed by atoms with van der Waals surface area (Å²) in [5, 5.41) is 0. The van der Waals surface area contributed by atoms with Gasteiger partial charge in [-0.2, -0.15) is 9.78 Å². The molecule has 0 saturated carbocycles. The summed E-state index contributed by atoms with van der Waals surface area (Å²) in [6.07, 6.45) is 19.6. The third-order valence-corrected chi connectivity index (χ3v) is 4.84. The molecule has 0 aliphatic carbocycles. The summed E-state index contributed by atoms with van der Waals surface area (Å²) < 4.78 is 20.7. The van der Waals surface area contributed by atoms with Crippen LogP contribution < -0.4 is 0 Å². The molecule has 0 fully saturated rings. The zero-order chi connectivity index (χ0) is 19.1. The van der Waals surface area contributed by atoms with Gasteiger partial charge in [0.2, 0.25) is 0 Å². The Balaban J connectivity index is 3.13. The van der Waals surface area contributed by atoms with Crippen molar-refractivity contribution in [3.8, 4) is 0 Å². The quantitative estimate of drug-likeness (QED) is 0.0812. The molecule has 156 valence electrons. The van der Waals surface area contributed by atoms with E-state index in [1.807, 2.05) is 0 Å². The van der Waals surface area contributed by atoms with E-state index in [0.29, 0.717) is 13.2 Å². The fourth-order valence-electron chi connectivity index (χ4n) is 2.76. The highest BCUT2D eigenvalue weighted by Gasteiger charge is 2.24. The minimum Gasteiger partial charge on any atom is -0.187 e. The monoisotopic (exact) mass is 393 g/mol. The summed E-state index contributed by atoms with van der Waals surface area (Å²) in [6, 6.07) is 0. The van der Waals surface area contributed by atoms with Crippen LogP contribution >= 0.6 is 8.25 Å². The first kappa shape index (κ1) is 25.9. The maximum absolute atomic E-state index is 11.4. The highest BCUT2D eigenvalue weighted by molar-refractivity contribution is 7.32. The van der Waals surface area contributed by atoms with Gasteiger partial charge >= 0.3 is 8.25 Å². The zero-order valence-corrected chi connectivity index (χ0v) is 18.1. The molecule has 5 nitrogen and oxygen atoms in total. The van der Waals surface area contributed by atoms with Gasteiger partial charge in [-0.05, 0) is 12.8 Å². The van der Waals surface area contributed by atoms with Crippen LogP contribution in [0.2, 0.25) is 0 Å². The number of rotatable bonds is 22. The molecule has 26 heavy (non-hydrogen) atoms. The predicted octanol–water partition coefficient (Wildman–Crippen LogP) is 7.82. The van der Waals surface area contributed by atoms with Crippen molar-refractivity contribution in [2.75, 3.05) is 13.2 Å². The lowest BCUT2D eigenvalue weighted by molar-refractivity contribution is -0.259. The average Bonchev–Trinajstić information content (AvgIpc) is 2.64. The van der Waals surface area contributed by atoms with Crippen LogP contribution in [0.4, 0.5) is 0 Å². The Labute approximate surface area is 162 Å². The van der Waals surface area contributed by atoms with Crippen LogP contribution in [-0.4, -0.2) is 13.2 Å². The molecule has 0 bridgehead atoms. The van der Waals surface area contributed by atoms with E-state index in [1.165, 1.54) is 77.0 Å². The average molecular weight is 394 g/mol. The molecule has 0 spiro atoms. The highest BCUT2D eigenvalue weighted by atomic mass is 31.1. The molecule has 0 atom stereocenters. The molecule has 0 saturated heterocycles. The van der Waals surface area contributed by atoms with Gasteiger partial charge < -0.3 is 0 Å². The van der Waals surface area contributed by atoms with E-state index in [2.05, 4.69) is 23.2 Å². The molecule has 0 aliphatic rings. The predicted molar refractivity (Wildman–Crippen MR) is 107 cm³/mol. The first-order chi connectivity index (χ1) is 12.8. The second-order valence-electron chi connectivity index (χ2n) is 6.97. The summed E-state index contributed by atoms with van der Waals surface area (Å²) in [7, 11) is -2.34. The van der Waals surface area contributed by atoms with Crippen molar-refractivity contribution < 1.29 is 23.7 Å². The van der Waals surface area contributed by atoms with Gasteiger partial charge in [-0.15, -0.1) is 0 Å². The highest BCUT2D eigenvalue weighted by Crippen LogP contribution is 2.24. The van der Waals surface area contributed by atoms with Crippen molar-refractivity contribution in [3.63, 3.8) is 0 Å². The lowest BCUT2D eigenvalue weighted by Gasteiger charge is -2.00. The van der Waals surface area contributed by atoms with Crippen molar-refractivity contribution in [3.05, 3.63) is 0 Å². The van der Waals surface area contributed by atoms with Crippen LogP contribution in [0.1, 0.15) is 117 Å². The van der Waals surface area contributed by atoms with Crippen LogP contribution in [0.3, 0.4) is 0 Å². The van der Waals surface area contributed by atoms with Gasteiger partial charge in [-0.3, -0.25) is 0 Å². The molecule has 0 radical (unpaired) electrons. The molecule has 0 aromatic carbocycles. The van der Waals surface area contributed by atoms with Gasteiger partial charge in [0.15, 0.2) is 0 Å². The molecule has 0 amide bonds. The van der Waals surface area contributed by atoms with Gasteiger partial charge in [0.25, 0.3) is 0 Å².